The zero-order valence-electron chi connectivity index (χ0n) is 20.9. The maximum Gasteiger partial charge on any atom is 0.248 e. The van der Waals surface area contributed by atoms with Crippen LogP contribution in [0.3, 0.4) is 0 Å². The van der Waals surface area contributed by atoms with Gasteiger partial charge in [0.1, 0.15) is 0 Å². The summed E-state index contributed by atoms with van der Waals surface area (Å²) < 4.78 is 1.54. The summed E-state index contributed by atoms with van der Waals surface area (Å²) in [6.45, 7) is 1.58. The zero-order chi connectivity index (χ0) is 25.4. The zero-order valence-corrected chi connectivity index (χ0v) is 20.9. The maximum absolute atomic E-state index is 11.5. The highest BCUT2D eigenvalue weighted by Gasteiger charge is 2.20. The summed E-state index contributed by atoms with van der Waals surface area (Å²) in [5.41, 5.74) is 14.3. The number of hydrogen-bond donors (Lipinski definition) is 3. The molecule has 0 saturated carbocycles. The normalized spacial score (nSPS) is 16.5. The Bertz CT molecular complexity index is 1480. The van der Waals surface area contributed by atoms with Crippen LogP contribution in [0, 0.1) is 0 Å². The minimum atomic E-state index is 0.0292. The molecule has 1 amide bonds. The first-order valence-corrected chi connectivity index (χ1v) is 12.9. The molecule has 2 heterocycles. The number of fused-ring (bicyclic) bond motifs is 4. The maximum atomic E-state index is 11.5. The molecule has 1 unspecified atom stereocenters. The van der Waals surface area contributed by atoms with E-state index in [2.05, 4.69) is 61.2 Å². The molecule has 2 aliphatic rings. The van der Waals surface area contributed by atoms with Crippen LogP contribution in [-0.2, 0) is 30.5 Å². The lowest BCUT2D eigenvalue weighted by Gasteiger charge is -2.14. The second-order valence-electron chi connectivity index (χ2n) is 9.88. The summed E-state index contributed by atoms with van der Waals surface area (Å²) >= 11 is 0. The number of aromatic nitrogens is 5. The van der Waals surface area contributed by atoms with Gasteiger partial charge in [-0.1, -0.05) is 30.3 Å². The van der Waals surface area contributed by atoms with E-state index in [0.717, 1.165) is 67.5 Å². The first-order chi connectivity index (χ1) is 18.0. The van der Waals surface area contributed by atoms with Gasteiger partial charge in [-0.25, -0.2) is 0 Å². The Morgan fingerprint density at radius 1 is 0.946 bits per heavy atom. The number of rotatable bonds is 4. The van der Waals surface area contributed by atoms with Gasteiger partial charge in [0, 0.05) is 24.2 Å². The van der Waals surface area contributed by atoms with Crippen molar-refractivity contribution >= 4 is 23.5 Å². The smallest absolute Gasteiger partial charge is 0.248 e. The summed E-state index contributed by atoms with van der Waals surface area (Å²) in [6, 6.07) is 16.9. The van der Waals surface area contributed by atoms with E-state index in [1.807, 2.05) is 18.2 Å². The third kappa shape index (κ3) is 4.76. The Labute approximate surface area is 215 Å². The fourth-order valence-electron chi connectivity index (χ4n) is 5.47. The van der Waals surface area contributed by atoms with Crippen molar-refractivity contribution in [3.63, 3.8) is 0 Å². The van der Waals surface area contributed by atoms with Crippen molar-refractivity contribution < 1.29 is 4.79 Å². The molecule has 0 aliphatic heterocycles. The second kappa shape index (κ2) is 9.65. The van der Waals surface area contributed by atoms with E-state index >= 15 is 0 Å². The van der Waals surface area contributed by atoms with Gasteiger partial charge in [0.2, 0.25) is 17.8 Å². The largest absolute Gasteiger partial charge is 0.368 e. The van der Waals surface area contributed by atoms with Crippen molar-refractivity contribution in [2.75, 3.05) is 11.1 Å². The number of nitrogens with one attached hydrogen (secondary N) is 2. The molecule has 9 heteroatoms. The highest BCUT2D eigenvalue weighted by atomic mass is 16.1. The van der Waals surface area contributed by atoms with Crippen molar-refractivity contribution in [2.45, 2.75) is 57.9 Å². The molecule has 2 aromatic heterocycles. The molecule has 2 aliphatic carbocycles. The summed E-state index contributed by atoms with van der Waals surface area (Å²) in [5.74, 6) is 1.24. The molecule has 4 N–H and O–H groups in total. The minimum absolute atomic E-state index is 0.0292. The number of carbonyl (C=O) groups is 1. The number of carbonyl (C=O) groups excluding carboxylic acids is 1. The summed E-state index contributed by atoms with van der Waals surface area (Å²) in [5, 5.41) is 20.0. The van der Waals surface area contributed by atoms with Gasteiger partial charge in [0.05, 0.1) is 5.69 Å². The molecule has 4 aromatic rings. The molecular formula is C28H30N8O. The van der Waals surface area contributed by atoms with E-state index < -0.39 is 0 Å². The van der Waals surface area contributed by atoms with Crippen LogP contribution in [0.15, 0.2) is 48.5 Å². The third-order valence-corrected chi connectivity index (χ3v) is 7.27. The first kappa shape index (κ1) is 23.1. The average molecular weight is 495 g/mol. The van der Waals surface area contributed by atoms with Crippen molar-refractivity contribution in [1.29, 1.82) is 0 Å². The van der Waals surface area contributed by atoms with Gasteiger partial charge in [0.25, 0.3) is 0 Å². The van der Waals surface area contributed by atoms with E-state index in [1.165, 1.54) is 21.4 Å². The van der Waals surface area contributed by atoms with Crippen molar-refractivity contribution in [3.05, 3.63) is 70.8 Å². The van der Waals surface area contributed by atoms with E-state index in [9.17, 15) is 4.79 Å². The lowest BCUT2D eigenvalue weighted by atomic mass is 10.0. The van der Waals surface area contributed by atoms with Crippen molar-refractivity contribution in [1.82, 2.24) is 30.3 Å². The summed E-state index contributed by atoms with van der Waals surface area (Å²) in [7, 11) is 0. The molecule has 6 rings (SSSR count). The van der Waals surface area contributed by atoms with Gasteiger partial charge in [-0.2, -0.15) is 9.67 Å². The molecule has 1 atom stereocenters. The third-order valence-electron chi connectivity index (χ3n) is 7.27. The molecule has 2 aromatic carbocycles. The Morgan fingerprint density at radius 2 is 1.76 bits per heavy atom. The molecular weight excluding hydrogens is 464 g/mol. The van der Waals surface area contributed by atoms with Crippen LogP contribution in [0.2, 0.25) is 0 Å². The van der Waals surface area contributed by atoms with Crippen LogP contribution in [0.1, 0.15) is 48.4 Å². The molecule has 37 heavy (non-hydrogen) atoms. The van der Waals surface area contributed by atoms with E-state index in [4.69, 9.17) is 5.73 Å². The number of anilines is 3. The monoisotopic (exact) mass is 494 g/mol. The van der Waals surface area contributed by atoms with E-state index in [0.29, 0.717) is 11.8 Å². The van der Waals surface area contributed by atoms with Gasteiger partial charge in [-0.05, 0) is 85.4 Å². The predicted molar refractivity (Wildman–Crippen MR) is 143 cm³/mol. The Morgan fingerprint density at radius 3 is 2.62 bits per heavy atom. The average Bonchev–Trinajstić information content (AvgIpc) is 3.03. The summed E-state index contributed by atoms with van der Waals surface area (Å²) in [6.07, 6.45) is 6.74. The van der Waals surface area contributed by atoms with E-state index in [1.54, 1.807) is 6.92 Å². The molecule has 0 spiro atoms. The number of benzene rings is 2. The number of hydrogen-bond acceptors (Lipinski definition) is 7. The molecule has 0 radical (unpaired) electrons. The van der Waals surface area contributed by atoms with Crippen molar-refractivity contribution in [3.8, 4) is 17.1 Å². The molecule has 188 valence electrons. The number of nitrogens with zero attached hydrogens (tertiary/aromatic N) is 5. The van der Waals surface area contributed by atoms with Gasteiger partial charge in [-0.3, -0.25) is 4.79 Å². The lowest BCUT2D eigenvalue weighted by molar-refractivity contribution is -0.119. The van der Waals surface area contributed by atoms with Gasteiger partial charge in [0.15, 0.2) is 5.82 Å². The number of nitrogen functional groups attached to an aromatic ring is 1. The second-order valence-corrected chi connectivity index (χ2v) is 9.88. The fourth-order valence-corrected chi connectivity index (χ4v) is 5.47. The molecule has 0 bridgehead atoms. The summed E-state index contributed by atoms with van der Waals surface area (Å²) in [4.78, 5) is 15.9. The minimum Gasteiger partial charge on any atom is -0.368 e. The van der Waals surface area contributed by atoms with Gasteiger partial charge >= 0.3 is 0 Å². The molecule has 0 saturated heterocycles. The van der Waals surface area contributed by atoms with Crippen LogP contribution in [0.5, 0.6) is 0 Å². The van der Waals surface area contributed by atoms with Crippen molar-refractivity contribution in [2.24, 2.45) is 0 Å². The fraction of sp³-hybridized carbons (Fsp3) is 0.321. The molecule has 0 fully saturated rings. The van der Waals surface area contributed by atoms with Gasteiger partial charge < -0.3 is 16.4 Å². The Hall–Kier alpha value is -4.27. The topological polar surface area (TPSA) is 124 Å². The SMILES string of the molecule is CC(=O)NC1CCc2ccc(Nc3nc(N)n(-c4cc5c(nn4)-c4ccccc4CCC5)n3)cc2CC1. The van der Waals surface area contributed by atoms with Crippen LogP contribution < -0.4 is 16.4 Å². The highest BCUT2D eigenvalue weighted by molar-refractivity contribution is 5.73. The number of aryl methyl sites for hydroxylation is 4. The highest BCUT2D eigenvalue weighted by Crippen LogP contribution is 2.31. The van der Waals surface area contributed by atoms with E-state index in [-0.39, 0.29) is 17.9 Å². The van der Waals surface area contributed by atoms with Gasteiger partial charge in [-0.15, -0.1) is 15.3 Å². The lowest BCUT2D eigenvalue weighted by Crippen LogP contribution is -2.33. The number of nitrogens with two attached hydrogens (primary N) is 1. The van der Waals surface area contributed by atoms with Crippen LogP contribution in [-0.4, -0.2) is 36.9 Å². The van der Waals surface area contributed by atoms with Crippen LogP contribution >= 0.6 is 0 Å². The molecule has 9 nitrogen and oxygen atoms in total. The number of amides is 1. The predicted octanol–water partition coefficient (Wildman–Crippen LogP) is 3.92. The Kier molecular flexibility index (Phi) is 6.04. The quantitative estimate of drug-likeness (QED) is 0.367. The first-order valence-electron chi connectivity index (χ1n) is 12.9. The standard InChI is InChI=1S/C28H30N8O/c1-17(37)30-22-12-9-18-10-14-23(15-20(18)11-13-22)31-28-32-27(29)36(35-28)25-16-21-7-4-6-19-5-2-3-8-24(19)26(21)34-33-25/h2-3,5,8,10,14-16,22H,4,6-7,9,11-13H2,1H3,(H,30,37)(H3,29,31,32,35). The Balaban J connectivity index is 1.22. The van der Waals surface area contributed by atoms with Crippen LogP contribution in [0.25, 0.3) is 17.1 Å². The van der Waals surface area contributed by atoms with Crippen LogP contribution in [0.4, 0.5) is 17.6 Å².